The number of rotatable bonds is 7. The van der Waals surface area contributed by atoms with E-state index in [1.54, 1.807) is 0 Å². The number of aromatic nitrogens is 5. The third-order valence-corrected chi connectivity index (χ3v) is 4.82. The van der Waals surface area contributed by atoms with Gasteiger partial charge in [-0.15, -0.1) is 0 Å². The Kier molecular flexibility index (Phi) is 4.94. The molecule has 140 valence electrons. The molecule has 7 nitrogen and oxygen atoms in total. The van der Waals surface area contributed by atoms with Gasteiger partial charge in [0.25, 0.3) is 0 Å². The van der Waals surface area contributed by atoms with Crippen LogP contribution in [0.3, 0.4) is 0 Å². The Balaban J connectivity index is 1.51. The summed E-state index contributed by atoms with van der Waals surface area (Å²) in [6.45, 7) is 4.08. The first-order valence-electron chi connectivity index (χ1n) is 9.20. The van der Waals surface area contributed by atoms with Crippen molar-refractivity contribution < 1.29 is 0 Å². The zero-order valence-corrected chi connectivity index (χ0v) is 16.1. The van der Waals surface area contributed by atoms with Crippen LogP contribution in [-0.4, -0.2) is 25.1 Å². The number of hydrogen-bond acceptors (Lipinski definition) is 6. The van der Waals surface area contributed by atoms with E-state index >= 15 is 0 Å². The van der Waals surface area contributed by atoms with E-state index in [1.165, 1.54) is 12.8 Å². The van der Waals surface area contributed by atoms with Crippen molar-refractivity contribution in [1.82, 2.24) is 25.1 Å². The molecule has 1 fully saturated rings. The van der Waals surface area contributed by atoms with E-state index in [0.717, 1.165) is 34.3 Å². The van der Waals surface area contributed by atoms with Crippen LogP contribution in [0.15, 0.2) is 30.3 Å². The van der Waals surface area contributed by atoms with Crippen molar-refractivity contribution in [3.63, 3.8) is 0 Å². The quantitative estimate of drug-likeness (QED) is 0.552. The molecular formula is C19H22ClN7. The zero-order chi connectivity index (χ0) is 18.8. The highest BCUT2D eigenvalue weighted by Crippen LogP contribution is 2.39. The molecule has 2 aromatic heterocycles. The number of halogens is 1. The summed E-state index contributed by atoms with van der Waals surface area (Å²) in [7, 11) is 0. The van der Waals surface area contributed by atoms with Gasteiger partial charge < -0.3 is 10.6 Å². The highest BCUT2D eigenvalue weighted by molar-refractivity contribution is 6.30. The smallest absolute Gasteiger partial charge is 0.233 e. The third kappa shape index (κ3) is 4.36. The van der Waals surface area contributed by atoms with Crippen LogP contribution in [0, 0.1) is 0 Å². The fourth-order valence-corrected chi connectivity index (χ4v) is 2.97. The van der Waals surface area contributed by atoms with Crippen molar-refractivity contribution in [2.75, 3.05) is 10.6 Å². The van der Waals surface area contributed by atoms with Crippen molar-refractivity contribution in [3.05, 3.63) is 52.4 Å². The van der Waals surface area contributed by atoms with Crippen molar-refractivity contribution in [2.45, 2.75) is 45.1 Å². The predicted octanol–water partition coefficient (Wildman–Crippen LogP) is 4.60. The normalized spacial score (nSPS) is 14.8. The Labute approximate surface area is 163 Å². The van der Waals surface area contributed by atoms with Crippen molar-refractivity contribution in [3.8, 4) is 0 Å². The summed E-state index contributed by atoms with van der Waals surface area (Å²) in [5.41, 5.74) is 2.27. The number of anilines is 3. The minimum Gasteiger partial charge on any atom is -0.348 e. The molecule has 0 spiro atoms. The number of nitrogens with zero attached hydrogens (tertiary/aromatic N) is 4. The van der Waals surface area contributed by atoms with Gasteiger partial charge in [0, 0.05) is 29.1 Å². The Bertz CT molecular complexity index is 918. The lowest BCUT2D eigenvalue weighted by Crippen LogP contribution is -2.12. The number of hydrogen-bond donors (Lipinski definition) is 3. The molecule has 1 saturated carbocycles. The van der Waals surface area contributed by atoms with Gasteiger partial charge in [-0.2, -0.15) is 20.1 Å². The molecule has 3 aromatic rings. The third-order valence-electron chi connectivity index (χ3n) is 4.57. The zero-order valence-electron chi connectivity index (χ0n) is 15.3. The monoisotopic (exact) mass is 383 g/mol. The molecule has 0 aliphatic heterocycles. The molecule has 1 atom stereocenters. The van der Waals surface area contributed by atoms with Crippen LogP contribution >= 0.6 is 11.6 Å². The first-order valence-corrected chi connectivity index (χ1v) is 9.58. The average molecular weight is 384 g/mol. The Hall–Kier alpha value is -2.67. The van der Waals surface area contributed by atoms with Crippen molar-refractivity contribution in [1.29, 1.82) is 0 Å². The van der Waals surface area contributed by atoms with Crippen LogP contribution in [-0.2, 0) is 6.42 Å². The molecule has 1 aliphatic carbocycles. The molecule has 0 amide bonds. The van der Waals surface area contributed by atoms with Gasteiger partial charge in [-0.1, -0.05) is 30.7 Å². The molecule has 0 saturated heterocycles. The number of aryl methyl sites for hydroxylation is 1. The van der Waals surface area contributed by atoms with Gasteiger partial charge in [-0.25, -0.2) is 0 Å². The molecule has 0 radical (unpaired) electrons. The van der Waals surface area contributed by atoms with Crippen LogP contribution in [0.5, 0.6) is 0 Å². The largest absolute Gasteiger partial charge is 0.348 e. The van der Waals surface area contributed by atoms with Crippen LogP contribution < -0.4 is 10.6 Å². The number of benzene rings is 1. The highest BCUT2D eigenvalue weighted by atomic mass is 35.5. The topological polar surface area (TPSA) is 91.4 Å². The van der Waals surface area contributed by atoms with Gasteiger partial charge in [0.15, 0.2) is 5.82 Å². The van der Waals surface area contributed by atoms with Gasteiger partial charge in [0.2, 0.25) is 11.9 Å². The van der Waals surface area contributed by atoms with Gasteiger partial charge in [0.1, 0.15) is 5.82 Å². The summed E-state index contributed by atoms with van der Waals surface area (Å²) in [4.78, 5) is 13.5. The van der Waals surface area contributed by atoms with E-state index in [9.17, 15) is 0 Å². The lowest BCUT2D eigenvalue weighted by molar-refractivity contribution is 0.833. The fourth-order valence-electron chi connectivity index (χ4n) is 2.85. The minimum absolute atomic E-state index is 0.0362. The Morgan fingerprint density at radius 2 is 1.89 bits per heavy atom. The lowest BCUT2D eigenvalue weighted by Gasteiger charge is -2.15. The van der Waals surface area contributed by atoms with Crippen LogP contribution in [0.1, 0.15) is 55.7 Å². The van der Waals surface area contributed by atoms with Crippen LogP contribution in [0.25, 0.3) is 0 Å². The molecule has 2 heterocycles. The molecular weight excluding hydrogens is 362 g/mol. The minimum atomic E-state index is 0.0362. The number of nitrogens with one attached hydrogen (secondary N) is 3. The Morgan fingerprint density at radius 1 is 1.15 bits per heavy atom. The molecule has 27 heavy (non-hydrogen) atoms. The highest BCUT2D eigenvalue weighted by Gasteiger charge is 2.25. The van der Waals surface area contributed by atoms with E-state index in [0.29, 0.717) is 17.8 Å². The van der Waals surface area contributed by atoms with E-state index in [-0.39, 0.29) is 6.04 Å². The summed E-state index contributed by atoms with van der Waals surface area (Å²) in [6, 6.07) is 9.79. The maximum atomic E-state index is 5.97. The second kappa shape index (κ2) is 7.52. The van der Waals surface area contributed by atoms with Crippen LogP contribution in [0.4, 0.5) is 17.7 Å². The fraction of sp³-hybridized carbons (Fsp3) is 0.368. The molecule has 8 heteroatoms. The van der Waals surface area contributed by atoms with E-state index in [4.69, 9.17) is 11.6 Å². The summed E-state index contributed by atoms with van der Waals surface area (Å²) in [5.74, 6) is 3.08. The second-order valence-corrected chi connectivity index (χ2v) is 7.21. The van der Waals surface area contributed by atoms with Crippen molar-refractivity contribution in [2.24, 2.45) is 0 Å². The summed E-state index contributed by atoms with van der Waals surface area (Å²) < 4.78 is 0. The number of H-pyrrole nitrogens is 1. The molecule has 1 aliphatic rings. The molecule has 1 aromatic carbocycles. The SMILES string of the molecule is CCc1nc(Nc2cc(C3CC3)[nH]n2)nc(NC(C)c2ccc(Cl)cc2)n1. The van der Waals surface area contributed by atoms with Gasteiger partial charge >= 0.3 is 0 Å². The maximum absolute atomic E-state index is 5.97. The molecule has 0 bridgehead atoms. The number of aromatic amines is 1. The van der Waals surface area contributed by atoms with E-state index in [1.807, 2.05) is 37.3 Å². The first kappa shape index (κ1) is 17.7. The molecule has 4 rings (SSSR count). The predicted molar refractivity (Wildman–Crippen MR) is 107 cm³/mol. The first-order chi connectivity index (χ1) is 13.1. The van der Waals surface area contributed by atoms with Gasteiger partial charge in [-0.3, -0.25) is 5.10 Å². The summed E-state index contributed by atoms with van der Waals surface area (Å²) in [5, 5.41) is 14.6. The van der Waals surface area contributed by atoms with E-state index in [2.05, 4.69) is 42.7 Å². The molecule has 1 unspecified atom stereocenters. The summed E-state index contributed by atoms with van der Waals surface area (Å²) >= 11 is 5.97. The van der Waals surface area contributed by atoms with Crippen LogP contribution in [0.2, 0.25) is 5.02 Å². The van der Waals surface area contributed by atoms with Crippen molar-refractivity contribution >= 4 is 29.3 Å². The maximum Gasteiger partial charge on any atom is 0.233 e. The summed E-state index contributed by atoms with van der Waals surface area (Å²) in [6.07, 6.45) is 3.17. The Morgan fingerprint density at radius 3 is 2.59 bits per heavy atom. The van der Waals surface area contributed by atoms with E-state index < -0.39 is 0 Å². The average Bonchev–Trinajstić information content (AvgIpc) is 3.41. The second-order valence-electron chi connectivity index (χ2n) is 6.78. The standard InChI is InChI=1S/C19H22ClN7/c1-3-16-22-18(21-11(2)12-6-8-14(20)9-7-12)25-19(23-16)24-17-10-15(26-27-17)13-4-5-13/h6-11,13H,3-5H2,1-2H3,(H3,21,22,23,24,25,26,27). The molecule has 3 N–H and O–H groups in total. The van der Waals surface area contributed by atoms with Gasteiger partial charge in [0.05, 0.1) is 6.04 Å². The van der Waals surface area contributed by atoms with Gasteiger partial charge in [-0.05, 0) is 37.5 Å². The lowest BCUT2D eigenvalue weighted by atomic mass is 10.1.